The summed E-state index contributed by atoms with van der Waals surface area (Å²) < 4.78 is 5.90. The highest BCUT2D eigenvalue weighted by Crippen LogP contribution is 2.27. The van der Waals surface area contributed by atoms with E-state index in [-0.39, 0.29) is 5.78 Å². The Morgan fingerprint density at radius 3 is 2.19 bits per heavy atom. The number of hydrogen-bond acceptors (Lipinski definition) is 2. The highest BCUT2D eigenvalue weighted by Gasteiger charge is 2.18. The van der Waals surface area contributed by atoms with E-state index in [0.29, 0.717) is 11.5 Å². The number of carbonyl (C=O) groups is 1. The van der Waals surface area contributed by atoms with Crippen molar-refractivity contribution in [2.75, 3.05) is 0 Å². The van der Waals surface area contributed by atoms with Crippen LogP contribution in [0.4, 0.5) is 0 Å². The van der Waals surface area contributed by atoms with Crippen molar-refractivity contribution < 1.29 is 9.53 Å². The summed E-state index contributed by atoms with van der Waals surface area (Å²) in [6, 6.07) is 15.5. The van der Waals surface area contributed by atoms with Crippen LogP contribution in [0.3, 0.4) is 0 Å². The Hall–Kier alpha value is -2.09. The quantitative estimate of drug-likeness (QED) is 0.738. The van der Waals surface area contributed by atoms with Gasteiger partial charge in [-0.05, 0) is 31.4 Å². The molecule has 0 amide bonds. The molecule has 0 aromatic heterocycles. The van der Waals surface area contributed by atoms with Gasteiger partial charge in [0.25, 0.3) is 0 Å². The molecule has 2 aromatic rings. The summed E-state index contributed by atoms with van der Waals surface area (Å²) in [5.74, 6) is 1.16. The summed E-state index contributed by atoms with van der Waals surface area (Å²) in [4.78, 5) is 12.4. The molecule has 1 atom stereocenters. The molecule has 2 nitrogen and oxygen atoms in total. The summed E-state index contributed by atoms with van der Waals surface area (Å²) in [5.41, 5.74) is 2.96. The van der Waals surface area contributed by atoms with Gasteiger partial charge in [0.05, 0.1) is 0 Å². The Balaban J connectivity index is 2.16. The Kier molecular flexibility index (Phi) is 4.79. The van der Waals surface area contributed by atoms with Crippen LogP contribution in [0.15, 0.2) is 48.5 Å². The van der Waals surface area contributed by atoms with Gasteiger partial charge >= 0.3 is 0 Å². The second kappa shape index (κ2) is 6.57. The normalized spacial score (nSPS) is 12.2. The number of hydrogen-bond donors (Lipinski definition) is 0. The Bertz CT molecular complexity index is 612. The van der Waals surface area contributed by atoms with Crippen molar-refractivity contribution in [2.45, 2.75) is 39.7 Å². The van der Waals surface area contributed by atoms with Crippen molar-refractivity contribution in [3.8, 4) is 5.75 Å². The molecule has 1 unspecified atom stereocenters. The van der Waals surface area contributed by atoms with Crippen molar-refractivity contribution in [1.29, 1.82) is 0 Å². The summed E-state index contributed by atoms with van der Waals surface area (Å²) >= 11 is 0. The van der Waals surface area contributed by atoms with Gasteiger partial charge in [0.15, 0.2) is 6.10 Å². The Morgan fingerprint density at radius 1 is 0.952 bits per heavy atom. The van der Waals surface area contributed by atoms with Gasteiger partial charge in [0, 0.05) is 5.56 Å². The lowest BCUT2D eigenvalue weighted by Crippen LogP contribution is -2.24. The molecular formula is C19H22O2. The minimum absolute atomic E-state index is 0.00793. The second-order valence-corrected chi connectivity index (χ2v) is 5.68. The number of Topliss-reactive ketones (excluding diaryl/α,β-unsaturated/α-hetero) is 1. The van der Waals surface area contributed by atoms with Crippen LogP contribution in [0.25, 0.3) is 0 Å². The maximum absolute atomic E-state index is 12.4. The summed E-state index contributed by atoms with van der Waals surface area (Å²) in [7, 11) is 0. The van der Waals surface area contributed by atoms with E-state index < -0.39 is 6.10 Å². The Labute approximate surface area is 126 Å². The van der Waals surface area contributed by atoms with Crippen LogP contribution >= 0.6 is 0 Å². The number of aryl methyl sites for hydroxylation is 1. The van der Waals surface area contributed by atoms with Gasteiger partial charge in [-0.2, -0.15) is 0 Å². The SMILES string of the molecule is Cc1ccc(C(=O)C(C)Oc2ccccc2C(C)C)cc1. The van der Waals surface area contributed by atoms with Crippen LogP contribution in [0.2, 0.25) is 0 Å². The molecule has 0 radical (unpaired) electrons. The topological polar surface area (TPSA) is 26.3 Å². The summed E-state index contributed by atoms with van der Waals surface area (Å²) in [6.07, 6.45) is -0.493. The van der Waals surface area contributed by atoms with Gasteiger partial charge < -0.3 is 4.74 Å². The van der Waals surface area contributed by atoms with Gasteiger partial charge in [-0.1, -0.05) is 61.9 Å². The third-order valence-electron chi connectivity index (χ3n) is 3.55. The molecule has 0 fully saturated rings. The molecule has 0 aliphatic carbocycles. The first-order chi connectivity index (χ1) is 9.99. The molecule has 0 bridgehead atoms. The fourth-order valence-electron chi connectivity index (χ4n) is 2.26. The lowest BCUT2D eigenvalue weighted by atomic mass is 10.0. The van der Waals surface area contributed by atoms with Crippen molar-refractivity contribution in [3.05, 3.63) is 65.2 Å². The summed E-state index contributed by atoms with van der Waals surface area (Å²) in [6.45, 7) is 8.05. The Morgan fingerprint density at radius 2 is 1.57 bits per heavy atom. The van der Waals surface area contributed by atoms with Crippen LogP contribution in [-0.4, -0.2) is 11.9 Å². The molecule has 21 heavy (non-hydrogen) atoms. The van der Waals surface area contributed by atoms with Crippen molar-refractivity contribution in [2.24, 2.45) is 0 Å². The first-order valence-electron chi connectivity index (χ1n) is 7.35. The predicted molar refractivity (Wildman–Crippen MR) is 86.1 cm³/mol. The van der Waals surface area contributed by atoms with Gasteiger partial charge in [-0.25, -0.2) is 0 Å². The fourth-order valence-corrected chi connectivity index (χ4v) is 2.26. The van der Waals surface area contributed by atoms with Crippen molar-refractivity contribution in [1.82, 2.24) is 0 Å². The molecule has 2 rings (SSSR count). The number of rotatable bonds is 5. The molecule has 0 aliphatic heterocycles. The average Bonchev–Trinajstić information content (AvgIpc) is 2.47. The second-order valence-electron chi connectivity index (χ2n) is 5.68. The average molecular weight is 282 g/mol. The van der Waals surface area contributed by atoms with Crippen LogP contribution in [0.5, 0.6) is 5.75 Å². The van der Waals surface area contributed by atoms with Gasteiger partial charge in [-0.15, -0.1) is 0 Å². The number of para-hydroxylation sites is 1. The number of ketones is 1. The third-order valence-corrected chi connectivity index (χ3v) is 3.55. The molecular weight excluding hydrogens is 260 g/mol. The number of benzene rings is 2. The van der Waals surface area contributed by atoms with E-state index in [2.05, 4.69) is 13.8 Å². The van der Waals surface area contributed by atoms with E-state index >= 15 is 0 Å². The lowest BCUT2D eigenvalue weighted by molar-refractivity contribution is 0.0816. The lowest BCUT2D eigenvalue weighted by Gasteiger charge is -2.18. The minimum Gasteiger partial charge on any atom is -0.482 e. The molecule has 0 heterocycles. The third kappa shape index (κ3) is 3.72. The van der Waals surface area contributed by atoms with E-state index in [4.69, 9.17) is 4.74 Å². The van der Waals surface area contributed by atoms with E-state index in [1.165, 1.54) is 0 Å². The molecule has 0 spiro atoms. The van der Waals surface area contributed by atoms with Gasteiger partial charge in [0.1, 0.15) is 5.75 Å². The molecule has 0 saturated carbocycles. The van der Waals surface area contributed by atoms with Crippen molar-refractivity contribution in [3.63, 3.8) is 0 Å². The zero-order valence-electron chi connectivity index (χ0n) is 13.1. The predicted octanol–water partition coefficient (Wildman–Crippen LogP) is 4.77. The van der Waals surface area contributed by atoms with Crippen LogP contribution in [0, 0.1) is 6.92 Å². The van der Waals surface area contributed by atoms with Crippen LogP contribution < -0.4 is 4.74 Å². The molecule has 0 saturated heterocycles. The van der Waals surface area contributed by atoms with Gasteiger partial charge in [0.2, 0.25) is 5.78 Å². The number of ether oxygens (including phenoxy) is 1. The van der Waals surface area contributed by atoms with Gasteiger partial charge in [-0.3, -0.25) is 4.79 Å². The molecule has 110 valence electrons. The highest BCUT2D eigenvalue weighted by molar-refractivity contribution is 5.99. The van der Waals surface area contributed by atoms with E-state index in [1.807, 2.05) is 55.5 Å². The van der Waals surface area contributed by atoms with E-state index in [1.54, 1.807) is 6.92 Å². The molecule has 2 heteroatoms. The molecule has 0 N–H and O–H groups in total. The maximum atomic E-state index is 12.4. The van der Waals surface area contributed by atoms with Crippen LogP contribution in [-0.2, 0) is 0 Å². The van der Waals surface area contributed by atoms with Crippen LogP contribution in [0.1, 0.15) is 48.2 Å². The first kappa shape index (κ1) is 15.3. The summed E-state index contributed by atoms with van der Waals surface area (Å²) in [5, 5.41) is 0. The maximum Gasteiger partial charge on any atom is 0.202 e. The smallest absolute Gasteiger partial charge is 0.202 e. The van der Waals surface area contributed by atoms with E-state index in [0.717, 1.165) is 16.9 Å². The van der Waals surface area contributed by atoms with E-state index in [9.17, 15) is 4.79 Å². The zero-order valence-corrected chi connectivity index (χ0v) is 13.1. The largest absolute Gasteiger partial charge is 0.482 e. The standard InChI is InChI=1S/C19H22O2/c1-13(2)17-7-5-6-8-18(17)21-15(4)19(20)16-11-9-14(3)10-12-16/h5-13,15H,1-4H3. The molecule has 2 aromatic carbocycles. The first-order valence-corrected chi connectivity index (χ1v) is 7.35. The minimum atomic E-state index is -0.493. The monoisotopic (exact) mass is 282 g/mol. The van der Waals surface area contributed by atoms with Crippen molar-refractivity contribution >= 4 is 5.78 Å². The highest BCUT2D eigenvalue weighted by atomic mass is 16.5. The molecule has 0 aliphatic rings. The fraction of sp³-hybridized carbons (Fsp3) is 0.316. The zero-order chi connectivity index (χ0) is 15.4. The number of carbonyl (C=O) groups excluding carboxylic acids is 1.